The number of methoxy groups -OCH3 is 2. The molecule has 0 aliphatic carbocycles. The lowest BCUT2D eigenvalue weighted by atomic mass is 10.1. The molecule has 3 rings (SSSR count). The highest BCUT2D eigenvalue weighted by Crippen LogP contribution is 2.23. The molecule has 0 aliphatic rings. The first-order valence-electron chi connectivity index (χ1n) is 7.51. The molecule has 0 atom stereocenters. The molecule has 5 heteroatoms. The van der Waals surface area contributed by atoms with Crippen LogP contribution in [0.3, 0.4) is 0 Å². The van der Waals surface area contributed by atoms with Crippen LogP contribution in [0.2, 0.25) is 0 Å². The Hall–Kier alpha value is -3.08. The van der Waals surface area contributed by atoms with Crippen LogP contribution >= 0.6 is 0 Å². The van der Waals surface area contributed by atoms with Gasteiger partial charge in [0.25, 0.3) is 5.91 Å². The van der Waals surface area contributed by atoms with Crippen molar-refractivity contribution in [1.82, 2.24) is 4.98 Å². The molecule has 2 aromatic carbocycles. The number of amides is 1. The van der Waals surface area contributed by atoms with Gasteiger partial charge >= 0.3 is 0 Å². The zero-order valence-corrected chi connectivity index (χ0v) is 13.8. The highest BCUT2D eigenvalue weighted by atomic mass is 16.5. The van der Waals surface area contributed by atoms with E-state index in [1.807, 2.05) is 49.4 Å². The number of benzene rings is 2. The number of carbonyl (C=O) groups is 1. The molecule has 0 saturated carbocycles. The predicted octanol–water partition coefficient (Wildman–Crippen LogP) is 3.81. The van der Waals surface area contributed by atoms with Crippen LogP contribution in [0.15, 0.2) is 48.5 Å². The molecular formula is C19H18N2O3. The first-order chi connectivity index (χ1) is 11.6. The van der Waals surface area contributed by atoms with Crippen molar-refractivity contribution in [2.75, 3.05) is 19.5 Å². The molecule has 1 amide bonds. The van der Waals surface area contributed by atoms with Crippen molar-refractivity contribution in [2.24, 2.45) is 0 Å². The van der Waals surface area contributed by atoms with Gasteiger partial charge in [-0.3, -0.25) is 9.78 Å². The number of rotatable bonds is 4. The molecule has 0 fully saturated rings. The molecule has 0 unspecified atom stereocenters. The van der Waals surface area contributed by atoms with Gasteiger partial charge in [0.05, 0.1) is 31.0 Å². The molecule has 1 aromatic heterocycles. The second-order valence-electron chi connectivity index (χ2n) is 5.37. The SMILES string of the molecule is COc1cccc(NC(=O)c2cc3cc(OC)ccc3nc2C)c1. The van der Waals surface area contributed by atoms with E-state index in [0.29, 0.717) is 22.7 Å². The fourth-order valence-corrected chi connectivity index (χ4v) is 2.51. The highest BCUT2D eigenvalue weighted by Gasteiger charge is 2.13. The van der Waals surface area contributed by atoms with E-state index in [-0.39, 0.29) is 5.91 Å². The fraction of sp³-hybridized carbons (Fsp3) is 0.158. The number of hydrogen-bond acceptors (Lipinski definition) is 4. The van der Waals surface area contributed by atoms with Crippen LogP contribution in [0.1, 0.15) is 16.1 Å². The summed E-state index contributed by atoms with van der Waals surface area (Å²) in [6.07, 6.45) is 0. The zero-order chi connectivity index (χ0) is 17.1. The van der Waals surface area contributed by atoms with E-state index in [1.165, 1.54) is 0 Å². The van der Waals surface area contributed by atoms with Gasteiger partial charge in [-0.15, -0.1) is 0 Å². The van der Waals surface area contributed by atoms with Gasteiger partial charge in [0, 0.05) is 17.1 Å². The quantitative estimate of drug-likeness (QED) is 0.793. The molecule has 1 N–H and O–H groups in total. The Balaban J connectivity index is 1.94. The molecule has 0 saturated heterocycles. The lowest BCUT2D eigenvalue weighted by molar-refractivity contribution is 0.102. The third-order valence-corrected chi connectivity index (χ3v) is 3.78. The van der Waals surface area contributed by atoms with Crippen LogP contribution in [-0.2, 0) is 0 Å². The van der Waals surface area contributed by atoms with Crippen molar-refractivity contribution in [3.05, 3.63) is 59.8 Å². The molecule has 1 heterocycles. The lowest BCUT2D eigenvalue weighted by Gasteiger charge is -2.10. The van der Waals surface area contributed by atoms with Crippen molar-refractivity contribution in [3.8, 4) is 11.5 Å². The summed E-state index contributed by atoms with van der Waals surface area (Å²) in [5.74, 6) is 1.20. The standard InChI is InChI=1S/C19H18N2O3/c1-12-17(10-13-9-16(24-3)7-8-18(13)20-12)19(22)21-14-5-4-6-15(11-14)23-2/h4-11H,1-3H3,(H,21,22). The summed E-state index contributed by atoms with van der Waals surface area (Å²) in [5, 5.41) is 3.73. The Labute approximate surface area is 140 Å². The van der Waals surface area contributed by atoms with E-state index in [0.717, 1.165) is 16.7 Å². The van der Waals surface area contributed by atoms with Gasteiger partial charge in [-0.25, -0.2) is 0 Å². The van der Waals surface area contributed by atoms with E-state index in [9.17, 15) is 4.79 Å². The van der Waals surface area contributed by atoms with Crippen LogP contribution in [0, 0.1) is 6.92 Å². The van der Waals surface area contributed by atoms with Gasteiger partial charge in [-0.2, -0.15) is 0 Å². The lowest BCUT2D eigenvalue weighted by Crippen LogP contribution is -2.14. The number of carbonyl (C=O) groups excluding carboxylic acids is 1. The molecule has 0 bridgehead atoms. The second-order valence-corrected chi connectivity index (χ2v) is 5.37. The first kappa shape index (κ1) is 15.8. The maximum atomic E-state index is 12.6. The number of fused-ring (bicyclic) bond motifs is 1. The monoisotopic (exact) mass is 322 g/mol. The Bertz CT molecular complexity index is 906. The number of hydrogen-bond donors (Lipinski definition) is 1. The molecule has 5 nitrogen and oxygen atoms in total. The Morgan fingerprint density at radius 1 is 1.00 bits per heavy atom. The van der Waals surface area contributed by atoms with E-state index in [2.05, 4.69) is 10.3 Å². The van der Waals surface area contributed by atoms with Crippen LogP contribution in [0.5, 0.6) is 11.5 Å². The number of nitrogens with one attached hydrogen (secondary N) is 1. The summed E-state index contributed by atoms with van der Waals surface area (Å²) in [4.78, 5) is 17.1. The molecule has 0 spiro atoms. The van der Waals surface area contributed by atoms with Gasteiger partial charge in [-0.05, 0) is 43.3 Å². The topological polar surface area (TPSA) is 60.5 Å². The normalized spacial score (nSPS) is 10.5. The van der Waals surface area contributed by atoms with E-state index < -0.39 is 0 Å². The van der Waals surface area contributed by atoms with Crippen LogP contribution in [0.25, 0.3) is 10.9 Å². The largest absolute Gasteiger partial charge is 0.497 e. The number of nitrogens with zero attached hydrogens (tertiary/aromatic N) is 1. The van der Waals surface area contributed by atoms with Gasteiger partial charge < -0.3 is 14.8 Å². The van der Waals surface area contributed by atoms with Crippen molar-refractivity contribution in [1.29, 1.82) is 0 Å². The Kier molecular flexibility index (Phi) is 4.33. The summed E-state index contributed by atoms with van der Waals surface area (Å²) in [6.45, 7) is 1.82. The summed E-state index contributed by atoms with van der Waals surface area (Å²) in [5.41, 5.74) is 2.70. The number of aryl methyl sites for hydroxylation is 1. The van der Waals surface area contributed by atoms with Crippen molar-refractivity contribution in [2.45, 2.75) is 6.92 Å². The van der Waals surface area contributed by atoms with Gasteiger partial charge in [0.15, 0.2) is 0 Å². The van der Waals surface area contributed by atoms with Crippen LogP contribution in [-0.4, -0.2) is 25.1 Å². The minimum atomic E-state index is -0.210. The van der Waals surface area contributed by atoms with Crippen molar-refractivity contribution >= 4 is 22.5 Å². The molecule has 122 valence electrons. The van der Waals surface area contributed by atoms with E-state index >= 15 is 0 Å². The van der Waals surface area contributed by atoms with E-state index in [4.69, 9.17) is 9.47 Å². The van der Waals surface area contributed by atoms with Crippen LogP contribution < -0.4 is 14.8 Å². The number of anilines is 1. The minimum absolute atomic E-state index is 0.210. The van der Waals surface area contributed by atoms with Crippen molar-refractivity contribution in [3.63, 3.8) is 0 Å². The molecule has 0 radical (unpaired) electrons. The first-order valence-corrected chi connectivity index (χ1v) is 7.51. The average molecular weight is 322 g/mol. The second kappa shape index (κ2) is 6.58. The smallest absolute Gasteiger partial charge is 0.257 e. The van der Waals surface area contributed by atoms with Crippen molar-refractivity contribution < 1.29 is 14.3 Å². The fourth-order valence-electron chi connectivity index (χ4n) is 2.51. The molecule has 3 aromatic rings. The number of ether oxygens (including phenoxy) is 2. The minimum Gasteiger partial charge on any atom is -0.497 e. The van der Waals surface area contributed by atoms with Crippen LogP contribution in [0.4, 0.5) is 5.69 Å². The maximum Gasteiger partial charge on any atom is 0.257 e. The maximum absolute atomic E-state index is 12.6. The molecule has 0 aliphatic heterocycles. The third-order valence-electron chi connectivity index (χ3n) is 3.78. The summed E-state index contributed by atoms with van der Waals surface area (Å²) in [6, 6.07) is 14.7. The summed E-state index contributed by atoms with van der Waals surface area (Å²) < 4.78 is 10.4. The zero-order valence-electron chi connectivity index (χ0n) is 13.8. The summed E-state index contributed by atoms with van der Waals surface area (Å²) >= 11 is 0. The third kappa shape index (κ3) is 3.15. The average Bonchev–Trinajstić information content (AvgIpc) is 2.60. The Morgan fingerprint density at radius 3 is 2.50 bits per heavy atom. The van der Waals surface area contributed by atoms with Gasteiger partial charge in [0.2, 0.25) is 0 Å². The van der Waals surface area contributed by atoms with Gasteiger partial charge in [-0.1, -0.05) is 6.07 Å². The highest BCUT2D eigenvalue weighted by molar-refractivity contribution is 6.06. The number of aromatic nitrogens is 1. The molecule has 24 heavy (non-hydrogen) atoms. The predicted molar refractivity (Wildman–Crippen MR) is 94.0 cm³/mol. The molecular weight excluding hydrogens is 304 g/mol. The van der Waals surface area contributed by atoms with E-state index in [1.54, 1.807) is 20.3 Å². The summed E-state index contributed by atoms with van der Waals surface area (Å²) in [7, 11) is 3.20. The number of pyridine rings is 1. The Morgan fingerprint density at radius 2 is 1.75 bits per heavy atom. The van der Waals surface area contributed by atoms with Gasteiger partial charge in [0.1, 0.15) is 11.5 Å².